The molecule has 0 unspecified atom stereocenters. The average Bonchev–Trinajstić information content (AvgIpc) is 2.97. The second kappa shape index (κ2) is 8.31. The molecule has 0 N–H and O–H groups in total. The van der Waals surface area contributed by atoms with Gasteiger partial charge in [0.25, 0.3) is 0 Å². The number of likely N-dealkylation sites (tertiary alicyclic amines) is 1. The summed E-state index contributed by atoms with van der Waals surface area (Å²) in [7, 11) is 2.19. The molecular formula is C25H32N2. The van der Waals surface area contributed by atoms with E-state index in [1.807, 2.05) is 0 Å². The van der Waals surface area contributed by atoms with Gasteiger partial charge in [-0.25, -0.2) is 0 Å². The Morgan fingerprint density at radius 1 is 0.889 bits per heavy atom. The fraction of sp³-hybridized carbons (Fsp3) is 0.440. The third-order valence-electron chi connectivity index (χ3n) is 6.54. The Morgan fingerprint density at radius 3 is 2.37 bits per heavy atom. The molecule has 0 bridgehead atoms. The van der Waals surface area contributed by atoms with Crippen LogP contribution in [0.1, 0.15) is 48.4 Å². The van der Waals surface area contributed by atoms with Crippen molar-refractivity contribution in [2.75, 3.05) is 19.6 Å². The second-order valence-electron chi connectivity index (χ2n) is 8.12. The zero-order valence-electron chi connectivity index (χ0n) is 16.8. The lowest BCUT2D eigenvalue weighted by molar-refractivity contribution is 0.209. The van der Waals surface area contributed by atoms with Crippen LogP contribution < -0.4 is 0 Å². The fourth-order valence-corrected chi connectivity index (χ4v) is 4.77. The molecule has 0 aliphatic carbocycles. The molecule has 1 aromatic heterocycles. The molecule has 2 heterocycles. The van der Waals surface area contributed by atoms with Crippen molar-refractivity contribution in [3.63, 3.8) is 0 Å². The minimum absolute atomic E-state index is 0.765. The smallest absolute Gasteiger partial charge is 0.0482 e. The Morgan fingerprint density at radius 2 is 1.59 bits per heavy atom. The fourth-order valence-electron chi connectivity index (χ4n) is 4.77. The molecule has 2 heteroatoms. The van der Waals surface area contributed by atoms with Crippen molar-refractivity contribution in [1.29, 1.82) is 0 Å². The molecule has 142 valence electrons. The zero-order chi connectivity index (χ0) is 18.6. The minimum Gasteiger partial charge on any atom is -0.348 e. The van der Waals surface area contributed by atoms with Crippen molar-refractivity contribution in [3.05, 3.63) is 71.4 Å². The van der Waals surface area contributed by atoms with Gasteiger partial charge in [-0.3, -0.25) is 0 Å². The van der Waals surface area contributed by atoms with Crippen molar-refractivity contribution in [2.45, 2.75) is 44.9 Å². The van der Waals surface area contributed by atoms with Crippen LogP contribution in [0.25, 0.3) is 10.9 Å². The van der Waals surface area contributed by atoms with E-state index in [0.717, 1.165) is 5.92 Å². The van der Waals surface area contributed by atoms with Crippen molar-refractivity contribution in [1.82, 2.24) is 9.47 Å². The van der Waals surface area contributed by atoms with Gasteiger partial charge in [0.1, 0.15) is 0 Å². The van der Waals surface area contributed by atoms with E-state index >= 15 is 0 Å². The topological polar surface area (TPSA) is 8.17 Å². The van der Waals surface area contributed by atoms with Crippen molar-refractivity contribution < 1.29 is 0 Å². The molecule has 1 aliphatic rings. The maximum atomic E-state index is 2.68. The largest absolute Gasteiger partial charge is 0.348 e. The van der Waals surface area contributed by atoms with Crippen LogP contribution in [-0.4, -0.2) is 29.1 Å². The first kappa shape index (κ1) is 18.3. The molecular weight excluding hydrogens is 328 g/mol. The lowest BCUT2D eigenvalue weighted by Gasteiger charge is -2.32. The van der Waals surface area contributed by atoms with Gasteiger partial charge in [-0.1, -0.05) is 48.5 Å². The number of rotatable bonds is 6. The molecule has 1 aliphatic heterocycles. The molecule has 1 saturated heterocycles. The minimum atomic E-state index is 0.765. The van der Waals surface area contributed by atoms with Gasteiger partial charge >= 0.3 is 0 Å². The first-order valence-corrected chi connectivity index (χ1v) is 10.5. The van der Waals surface area contributed by atoms with Gasteiger partial charge in [0.15, 0.2) is 0 Å². The quantitative estimate of drug-likeness (QED) is 0.513. The van der Waals surface area contributed by atoms with Crippen LogP contribution >= 0.6 is 0 Å². The number of aromatic nitrogens is 1. The van der Waals surface area contributed by atoms with Crippen LogP contribution in [0.2, 0.25) is 0 Å². The lowest BCUT2D eigenvalue weighted by atomic mass is 9.89. The number of nitrogens with zero attached hydrogens (tertiary/aromatic N) is 2. The summed E-state index contributed by atoms with van der Waals surface area (Å²) in [5.41, 5.74) is 5.88. The number of hydrogen-bond acceptors (Lipinski definition) is 1. The third-order valence-corrected chi connectivity index (χ3v) is 6.54. The predicted molar refractivity (Wildman–Crippen MR) is 115 cm³/mol. The van der Waals surface area contributed by atoms with Crippen LogP contribution in [0.15, 0.2) is 54.6 Å². The third kappa shape index (κ3) is 3.96. The summed E-state index contributed by atoms with van der Waals surface area (Å²) in [6, 6.07) is 19.9. The Labute approximate surface area is 163 Å². The summed E-state index contributed by atoms with van der Waals surface area (Å²) in [6.07, 6.45) is 6.42. The number of hydrogen-bond donors (Lipinski definition) is 0. The van der Waals surface area contributed by atoms with Crippen LogP contribution in [0.3, 0.4) is 0 Å². The highest BCUT2D eigenvalue weighted by Crippen LogP contribution is 2.28. The number of fused-ring (bicyclic) bond motifs is 1. The number of para-hydroxylation sites is 1. The van der Waals surface area contributed by atoms with E-state index in [2.05, 4.69) is 78.0 Å². The lowest BCUT2D eigenvalue weighted by Crippen LogP contribution is -2.33. The maximum Gasteiger partial charge on any atom is 0.0482 e. The van der Waals surface area contributed by atoms with E-state index in [4.69, 9.17) is 0 Å². The molecule has 2 aromatic carbocycles. The first-order valence-electron chi connectivity index (χ1n) is 10.5. The molecule has 27 heavy (non-hydrogen) atoms. The number of aryl methyl sites for hydroxylation is 2. The summed E-state index contributed by atoms with van der Waals surface area (Å²) < 4.78 is 2.35. The molecule has 0 spiro atoms. The van der Waals surface area contributed by atoms with Gasteiger partial charge in [0.2, 0.25) is 0 Å². The summed E-state index contributed by atoms with van der Waals surface area (Å²) in [6.45, 7) is 6.04. The van der Waals surface area contributed by atoms with Gasteiger partial charge in [-0.05, 0) is 81.8 Å². The Kier molecular flexibility index (Phi) is 5.63. The summed E-state index contributed by atoms with van der Waals surface area (Å²) in [5.74, 6) is 0.765. The SMILES string of the molecule is Cc1c(CCCCN2CCC(c3ccccc3)CC2)c2ccccc2n1C. The highest BCUT2D eigenvalue weighted by Gasteiger charge is 2.20. The molecule has 0 amide bonds. The van der Waals surface area contributed by atoms with Crippen molar-refractivity contribution in [3.8, 4) is 0 Å². The molecule has 4 rings (SSSR count). The van der Waals surface area contributed by atoms with Crippen molar-refractivity contribution in [2.24, 2.45) is 7.05 Å². The molecule has 0 saturated carbocycles. The normalized spacial score (nSPS) is 16.2. The average molecular weight is 361 g/mol. The van der Waals surface area contributed by atoms with E-state index < -0.39 is 0 Å². The maximum absolute atomic E-state index is 2.68. The van der Waals surface area contributed by atoms with Crippen LogP contribution in [0, 0.1) is 6.92 Å². The van der Waals surface area contributed by atoms with E-state index in [1.165, 1.54) is 73.9 Å². The van der Waals surface area contributed by atoms with E-state index in [-0.39, 0.29) is 0 Å². The predicted octanol–water partition coefficient (Wildman–Crippen LogP) is 5.69. The number of unbranched alkanes of at least 4 members (excludes halogenated alkanes) is 1. The summed E-state index contributed by atoms with van der Waals surface area (Å²) in [4.78, 5) is 2.68. The van der Waals surface area contributed by atoms with Gasteiger partial charge in [0, 0.05) is 23.6 Å². The summed E-state index contributed by atoms with van der Waals surface area (Å²) >= 11 is 0. The highest BCUT2D eigenvalue weighted by molar-refractivity contribution is 5.85. The molecule has 0 atom stereocenters. The standard InChI is InChI=1S/C25H32N2/c1-20-23(24-13-6-7-14-25(24)26(20)2)12-8-9-17-27-18-15-22(16-19-27)21-10-4-3-5-11-21/h3-7,10-11,13-14,22H,8-9,12,15-19H2,1-2H3. The molecule has 0 radical (unpaired) electrons. The van der Waals surface area contributed by atoms with E-state index in [1.54, 1.807) is 5.56 Å². The Bertz CT molecular complexity index is 870. The van der Waals surface area contributed by atoms with E-state index in [9.17, 15) is 0 Å². The second-order valence-corrected chi connectivity index (χ2v) is 8.12. The Hall–Kier alpha value is -2.06. The number of benzene rings is 2. The monoisotopic (exact) mass is 360 g/mol. The number of piperidine rings is 1. The Balaban J connectivity index is 1.25. The zero-order valence-corrected chi connectivity index (χ0v) is 16.8. The van der Waals surface area contributed by atoms with Gasteiger partial charge in [0.05, 0.1) is 0 Å². The van der Waals surface area contributed by atoms with Crippen molar-refractivity contribution >= 4 is 10.9 Å². The van der Waals surface area contributed by atoms with Crippen LogP contribution in [-0.2, 0) is 13.5 Å². The highest BCUT2D eigenvalue weighted by atomic mass is 15.1. The van der Waals surface area contributed by atoms with E-state index in [0.29, 0.717) is 0 Å². The summed E-state index contributed by atoms with van der Waals surface area (Å²) in [5, 5.41) is 1.45. The molecule has 2 nitrogen and oxygen atoms in total. The van der Waals surface area contributed by atoms with Crippen LogP contribution in [0.4, 0.5) is 0 Å². The van der Waals surface area contributed by atoms with Gasteiger partial charge < -0.3 is 9.47 Å². The molecule has 3 aromatic rings. The van der Waals surface area contributed by atoms with Crippen LogP contribution in [0.5, 0.6) is 0 Å². The first-order chi connectivity index (χ1) is 13.2. The van der Waals surface area contributed by atoms with Gasteiger partial charge in [-0.15, -0.1) is 0 Å². The molecule has 1 fully saturated rings. The van der Waals surface area contributed by atoms with Gasteiger partial charge in [-0.2, -0.15) is 0 Å².